The molecule has 4 amide bonds. The lowest BCUT2D eigenvalue weighted by molar-refractivity contribution is 0.201. The average molecular weight is 377 g/mol. The molecule has 3 rings (SSSR count). The summed E-state index contributed by atoms with van der Waals surface area (Å²) < 4.78 is 23.7. The van der Waals surface area contributed by atoms with Crippen molar-refractivity contribution >= 4 is 28.0 Å². The van der Waals surface area contributed by atoms with E-state index in [2.05, 4.69) is 25.3 Å². The number of hydrogen-bond donors (Lipinski definition) is 1. The molecule has 0 spiro atoms. The van der Waals surface area contributed by atoms with Gasteiger partial charge in [-0.05, 0) is 19.1 Å². The molecule has 3 heterocycles. The van der Waals surface area contributed by atoms with E-state index in [9.17, 15) is 18.0 Å². The number of carbonyl (C=O) groups is 2. The number of amides is 4. The van der Waals surface area contributed by atoms with Gasteiger partial charge in [-0.15, -0.1) is 0 Å². The fourth-order valence-corrected chi connectivity index (χ4v) is 3.12. The Labute approximate surface area is 149 Å². The van der Waals surface area contributed by atoms with Crippen LogP contribution in [-0.4, -0.2) is 69.0 Å². The van der Waals surface area contributed by atoms with E-state index in [-0.39, 0.29) is 24.9 Å². The lowest BCUT2D eigenvalue weighted by atomic mass is 10.3. The van der Waals surface area contributed by atoms with Crippen LogP contribution in [0.1, 0.15) is 5.82 Å². The Morgan fingerprint density at radius 3 is 2.58 bits per heavy atom. The van der Waals surface area contributed by atoms with Crippen molar-refractivity contribution in [3.63, 3.8) is 0 Å². The first kappa shape index (κ1) is 17.7. The van der Waals surface area contributed by atoms with E-state index < -0.39 is 22.1 Å². The van der Waals surface area contributed by atoms with Crippen molar-refractivity contribution in [1.29, 1.82) is 0 Å². The number of carbonyl (C=O) groups excluding carboxylic acids is 2. The van der Waals surface area contributed by atoms with Crippen LogP contribution >= 0.6 is 0 Å². The van der Waals surface area contributed by atoms with E-state index in [0.717, 1.165) is 11.2 Å². The summed E-state index contributed by atoms with van der Waals surface area (Å²) in [5.74, 6) is 0.550. The molecule has 2 aromatic rings. The van der Waals surface area contributed by atoms with Gasteiger partial charge in [0.05, 0.1) is 19.3 Å². The molecule has 0 aromatic carbocycles. The molecule has 0 unspecified atom stereocenters. The van der Waals surface area contributed by atoms with Crippen LogP contribution in [0.5, 0.6) is 0 Å². The molecular formula is C14H15N7O4S. The zero-order chi connectivity index (χ0) is 18.9. The molecule has 0 atom stereocenters. The van der Waals surface area contributed by atoms with Crippen molar-refractivity contribution in [2.45, 2.75) is 6.92 Å². The number of anilines is 1. The first-order chi connectivity index (χ1) is 12.3. The van der Waals surface area contributed by atoms with Gasteiger partial charge in [0, 0.05) is 6.20 Å². The van der Waals surface area contributed by atoms with Gasteiger partial charge in [-0.3, -0.25) is 10.3 Å². The van der Waals surface area contributed by atoms with Crippen LogP contribution in [-0.2, 0) is 10.0 Å². The van der Waals surface area contributed by atoms with Gasteiger partial charge in [-0.25, -0.2) is 32.2 Å². The highest BCUT2D eigenvalue weighted by Crippen LogP contribution is 2.16. The minimum absolute atomic E-state index is 0.0606. The highest BCUT2D eigenvalue weighted by Gasteiger charge is 2.38. The van der Waals surface area contributed by atoms with Crippen LogP contribution in [0.3, 0.4) is 0 Å². The van der Waals surface area contributed by atoms with Crippen LogP contribution in [0.25, 0.3) is 11.5 Å². The normalized spacial score (nSPS) is 14.6. The summed E-state index contributed by atoms with van der Waals surface area (Å²) in [5, 5.41) is 2.39. The van der Waals surface area contributed by atoms with E-state index in [0.29, 0.717) is 15.8 Å². The standard InChI is InChI=1S/C14H15N7O4S/c1-9-16-11(10-5-3-4-6-15-10)18-12(17-9)19-13(22)20-7-8-21(14(20)23)26(2,24)25/h3-6H,7-8H2,1-2H3,(H,16,17,18,19,22). The predicted octanol–water partition coefficient (Wildman–Crippen LogP) is 0.471. The van der Waals surface area contributed by atoms with Gasteiger partial charge in [-0.2, -0.15) is 9.97 Å². The minimum Gasteiger partial charge on any atom is -0.275 e. The largest absolute Gasteiger partial charge is 0.341 e. The summed E-state index contributed by atoms with van der Waals surface area (Å²) in [5.41, 5.74) is 0.494. The summed E-state index contributed by atoms with van der Waals surface area (Å²) in [7, 11) is -3.73. The average Bonchev–Trinajstić information content (AvgIpc) is 2.97. The van der Waals surface area contributed by atoms with Crippen molar-refractivity contribution in [2.24, 2.45) is 0 Å². The number of urea groups is 2. The monoisotopic (exact) mass is 377 g/mol. The van der Waals surface area contributed by atoms with E-state index in [4.69, 9.17) is 0 Å². The van der Waals surface area contributed by atoms with E-state index in [1.54, 1.807) is 31.3 Å². The number of aryl methyl sites for hydroxylation is 1. The van der Waals surface area contributed by atoms with E-state index >= 15 is 0 Å². The molecule has 11 nitrogen and oxygen atoms in total. The number of sulfonamides is 1. The van der Waals surface area contributed by atoms with Crippen molar-refractivity contribution in [2.75, 3.05) is 24.7 Å². The molecule has 0 saturated carbocycles. The molecule has 0 radical (unpaired) electrons. The van der Waals surface area contributed by atoms with Crippen molar-refractivity contribution in [3.8, 4) is 11.5 Å². The van der Waals surface area contributed by atoms with Gasteiger partial charge < -0.3 is 0 Å². The van der Waals surface area contributed by atoms with Gasteiger partial charge in [0.15, 0.2) is 5.82 Å². The van der Waals surface area contributed by atoms with Gasteiger partial charge >= 0.3 is 12.1 Å². The fraction of sp³-hybridized carbons (Fsp3) is 0.286. The first-order valence-electron chi connectivity index (χ1n) is 7.50. The summed E-state index contributed by atoms with van der Waals surface area (Å²) in [6.45, 7) is 1.46. The Kier molecular flexibility index (Phi) is 4.50. The molecule has 26 heavy (non-hydrogen) atoms. The number of imide groups is 1. The maximum absolute atomic E-state index is 12.3. The molecule has 1 N–H and O–H groups in total. The molecule has 0 aliphatic carbocycles. The second-order valence-electron chi connectivity index (χ2n) is 5.44. The third-order valence-corrected chi connectivity index (χ3v) is 4.62. The third kappa shape index (κ3) is 3.59. The first-order valence-corrected chi connectivity index (χ1v) is 9.35. The summed E-state index contributed by atoms with van der Waals surface area (Å²) >= 11 is 0. The Hall–Kier alpha value is -3.15. The fourth-order valence-electron chi connectivity index (χ4n) is 2.32. The molecular weight excluding hydrogens is 362 g/mol. The Balaban J connectivity index is 1.80. The van der Waals surface area contributed by atoms with Gasteiger partial charge in [-0.1, -0.05) is 6.07 Å². The topological polar surface area (TPSA) is 138 Å². The number of nitrogens with zero attached hydrogens (tertiary/aromatic N) is 6. The van der Waals surface area contributed by atoms with Crippen molar-refractivity contribution < 1.29 is 18.0 Å². The molecule has 1 fully saturated rings. The van der Waals surface area contributed by atoms with Gasteiger partial charge in [0.1, 0.15) is 11.5 Å². The second kappa shape index (κ2) is 6.63. The highest BCUT2D eigenvalue weighted by atomic mass is 32.2. The van der Waals surface area contributed by atoms with Crippen molar-refractivity contribution in [3.05, 3.63) is 30.2 Å². The van der Waals surface area contributed by atoms with Crippen LogP contribution in [0.2, 0.25) is 0 Å². The van der Waals surface area contributed by atoms with E-state index in [1.165, 1.54) is 0 Å². The lowest BCUT2D eigenvalue weighted by Gasteiger charge is -2.16. The molecule has 12 heteroatoms. The Morgan fingerprint density at radius 1 is 1.19 bits per heavy atom. The smallest absolute Gasteiger partial charge is 0.275 e. The number of aromatic nitrogens is 4. The lowest BCUT2D eigenvalue weighted by Crippen LogP contribution is -2.40. The SMILES string of the molecule is Cc1nc(NC(=O)N2CCN(S(C)(=O)=O)C2=O)nc(-c2ccccn2)n1. The molecule has 0 bridgehead atoms. The molecule has 1 aliphatic rings. The molecule has 1 aliphatic heterocycles. The number of rotatable bonds is 3. The molecule has 2 aromatic heterocycles. The predicted molar refractivity (Wildman–Crippen MR) is 90.5 cm³/mol. The van der Waals surface area contributed by atoms with Crippen LogP contribution in [0, 0.1) is 6.92 Å². The maximum atomic E-state index is 12.3. The quantitative estimate of drug-likeness (QED) is 0.814. The highest BCUT2D eigenvalue weighted by molar-refractivity contribution is 7.88. The second-order valence-corrected chi connectivity index (χ2v) is 7.35. The summed E-state index contributed by atoms with van der Waals surface area (Å²) in [4.78, 5) is 41.6. The summed E-state index contributed by atoms with van der Waals surface area (Å²) in [6, 6.07) is 3.48. The zero-order valence-electron chi connectivity index (χ0n) is 13.9. The minimum atomic E-state index is -3.73. The summed E-state index contributed by atoms with van der Waals surface area (Å²) in [6.07, 6.45) is 2.48. The van der Waals surface area contributed by atoms with Crippen LogP contribution in [0.4, 0.5) is 15.5 Å². The third-order valence-electron chi connectivity index (χ3n) is 3.48. The van der Waals surface area contributed by atoms with Gasteiger partial charge in [0.25, 0.3) is 0 Å². The Bertz CT molecular complexity index is 965. The van der Waals surface area contributed by atoms with Gasteiger partial charge in [0.2, 0.25) is 16.0 Å². The molecule has 136 valence electrons. The molecule has 1 saturated heterocycles. The number of pyridine rings is 1. The van der Waals surface area contributed by atoms with Crippen molar-refractivity contribution in [1.82, 2.24) is 29.1 Å². The van der Waals surface area contributed by atoms with E-state index in [1.807, 2.05) is 0 Å². The zero-order valence-corrected chi connectivity index (χ0v) is 14.8. The Morgan fingerprint density at radius 2 is 1.96 bits per heavy atom. The number of hydrogen-bond acceptors (Lipinski definition) is 8. The number of nitrogens with one attached hydrogen (secondary N) is 1. The maximum Gasteiger partial charge on any atom is 0.341 e. The van der Waals surface area contributed by atoms with Crippen LogP contribution < -0.4 is 5.32 Å². The van der Waals surface area contributed by atoms with Crippen LogP contribution in [0.15, 0.2) is 24.4 Å².